The van der Waals surface area contributed by atoms with Crippen LogP contribution in [0.15, 0.2) is 24.3 Å². The number of rotatable bonds is 4. The number of halogens is 1. The molecule has 0 bridgehead atoms. The van der Waals surface area contributed by atoms with Gasteiger partial charge in [-0.15, -0.1) is 11.6 Å². The SMILES string of the molecule is CC(C)(C)c1ccc(C(C)(C)CNCCl)cc1. The molecule has 1 aromatic rings. The van der Waals surface area contributed by atoms with Crippen LogP contribution in [0, 0.1) is 0 Å². The second-order valence-corrected chi connectivity index (χ2v) is 6.54. The van der Waals surface area contributed by atoms with Crippen LogP contribution in [-0.2, 0) is 10.8 Å². The fourth-order valence-corrected chi connectivity index (χ4v) is 1.98. The highest BCUT2D eigenvalue weighted by Crippen LogP contribution is 2.27. The highest BCUT2D eigenvalue weighted by molar-refractivity contribution is 6.17. The van der Waals surface area contributed by atoms with Crippen molar-refractivity contribution in [3.8, 4) is 0 Å². The van der Waals surface area contributed by atoms with Crippen molar-refractivity contribution in [1.29, 1.82) is 0 Å². The molecule has 2 heteroatoms. The molecule has 0 fully saturated rings. The molecule has 0 saturated carbocycles. The Balaban J connectivity index is 2.87. The summed E-state index contributed by atoms with van der Waals surface area (Å²) in [6.07, 6.45) is 0. The third kappa shape index (κ3) is 4.01. The molecule has 0 aliphatic carbocycles. The Hall–Kier alpha value is -0.530. The van der Waals surface area contributed by atoms with Crippen LogP contribution >= 0.6 is 11.6 Å². The molecule has 0 aliphatic heterocycles. The first-order valence-corrected chi connectivity index (χ1v) is 6.68. The summed E-state index contributed by atoms with van der Waals surface area (Å²) in [6.45, 7) is 12.1. The van der Waals surface area contributed by atoms with Crippen LogP contribution in [0.2, 0.25) is 0 Å². The maximum absolute atomic E-state index is 5.67. The molecule has 0 unspecified atom stereocenters. The minimum atomic E-state index is 0.116. The first-order chi connectivity index (χ1) is 7.77. The Morgan fingerprint density at radius 2 is 1.41 bits per heavy atom. The van der Waals surface area contributed by atoms with E-state index >= 15 is 0 Å². The predicted molar refractivity (Wildman–Crippen MR) is 76.9 cm³/mol. The van der Waals surface area contributed by atoms with Crippen LogP contribution < -0.4 is 5.32 Å². The molecular weight excluding hydrogens is 230 g/mol. The Labute approximate surface area is 111 Å². The van der Waals surface area contributed by atoms with E-state index in [1.807, 2.05) is 0 Å². The van der Waals surface area contributed by atoms with Crippen molar-refractivity contribution < 1.29 is 0 Å². The topological polar surface area (TPSA) is 12.0 Å². The maximum Gasteiger partial charge on any atom is 0.0713 e. The van der Waals surface area contributed by atoms with E-state index < -0.39 is 0 Å². The zero-order chi connectivity index (χ0) is 13.1. The highest BCUT2D eigenvalue weighted by Gasteiger charge is 2.21. The summed E-state index contributed by atoms with van der Waals surface area (Å²) in [5, 5.41) is 3.20. The lowest BCUT2D eigenvalue weighted by Crippen LogP contribution is -2.32. The zero-order valence-corrected chi connectivity index (χ0v) is 12.4. The van der Waals surface area contributed by atoms with Gasteiger partial charge in [-0.2, -0.15) is 0 Å². The van der Waals surface area contributed by atoms with Crippen molar-refractivity contribution in [1.82, 2.24) is 5.32 Å². The molecule has 0 heterocycles. The number of alkyl halides is 1. The molecule has 0 spiro atoms. The van der Waals surface area contributed by atoms with Crippen molar-refractivity contribution in [2.45, 2.75) is 45.4 Å². The standard InChI is InChI=1S/C15H24ClN/c1-14(2,3)12-6-8-13(9-7-12)15(4,5)10-17-11-16/h6-9,17H,10-11H2,1-5H3. The fourth-order valence-electron chi connectivity index (χ4n) is 1.88. The molecule has 1 N–H and O–H groups in total. The van der Waals surface area contributed by atoms with Gasteiger partial charge in [-0.05, 0) is 16.5 Å². The van der Waals surface area contributed by atoms with Crippen LogP contribution in [0.4, 0.5) is 0 Å². The van der Waals surface area contributed by atoms with Gasteiger partial charge in [0.15, 0.2) is 0 Å². The lowest BCUT2D eigenvalue weighted by molar-refractivity contribution is 0.488. The van der Waals surface area contributed by atoms with Crippen LogP contribution in [0.1, 0.15) is 45.7 Å². The van der Waals surface area contributed by atoms with Gasteiger partial charge in [0.2, 0.25) is 0 Å². The van der Waals surface area contributed by atoms with E-state index in [1.54, 1.807) is 0 Å². The van der Waals surface area contributed by atoms with Crippen molar-refractivity contribution in [2.24, 2.45) is 0 Å². The first kappa shape index (κ1) is 14.5. The predicted octanol–water partition coefficient (Wildman–Crippen LogP) is 4.05. The van der Waals surface area contributed by atoms with Gasteiger partial charge in [0.25, 0.3) is 0 Å². The number of benzene rings is 1. The highest BCUT2D eigenvalue weighted by atomic mass is 35.5. The Morgan fingerprint density at radius 1 is 0.941 bits per heavy atom. The normalized spacial score (nSPS) is 12.8. The summed E-state index contributed by atoms with van der Waals surface area (Å²) >= 11 is 5.67. The fraction of sp³-hybridized carbons (Fsp3) is 0.600. The Morgan fingerprint density at radius 3 is 1.82 bits per heavy atom. The lowest BCUT2D eigenvalue weighted by Gasteiger charge is -2.27. The minimum absolute atomic E-state index is 0.116. The lowest BCUT2D eigenvalue weighted by atomic mass is 9.81. The van der Waals surface area contributed by atoms with Crippen molar-refractivity contribution in [2.75, 3.05) is 12.5 Å². The molecule has 0 aromatic heterocycles. The van der Waals surface area contributed by atoms with E-state index in [0.717, 1.165) is 6.54 Å². The van der Waals surface area contributed by atoms with E-state index in [2.05, 4.69) is 64.2 Å². The maximum atomic E-state index is 5.67. The average molecular weight is 254 g/mol. The summed E-state index contributed by atoms with van der Waals surface area (Å²) in [4.78, 5) is 0. The van der Waals surface area contributed by atoms with Gasteiger partial charge in [0.1, 0.15) is 0 Å². The second-order valence-electron chi connectivity index (χ2n) is 6.27. The van der Waals surface area contributed by atoms with Crippen molar-refractivity contribution >= 4 is 11.6 Å². The van der Waals surface area contributed by atoms with E-state index in [9.17, 15) is 0 Å². The third-order valence-corrected chi connectivity index (χ3v) is 3.38. The number of hydrogen-bond acceptors (Lipinski definition) is 1. The largest absolute Gasteiger partial charge is 0.303 e. The summed E-state index contributed by atoms with van der Waals surface area (Å²) < 4.78 is 0. The smallest absolute Gasteiger partial charge is 0.0713 e. The monoisotopic (exact) mass is 253 g/mol. The summed E-state index contributed by atoms with van der Waals surface area (Å²) in [5.74, 6) is 0. The van der Waals surface area contributed by atoms with Crippen LogP contribution in [0.5, 0.6) is 0 Å². The first-order valence-electron chi connectivity index (χ1n) is 6.15. The Kier molecular flexibility index (Phi) is 4.62. The molecule has 0 radical (unpaired) electrons. The molecule has 1 rings (SSSR count). The molecule has 0 amide bonds. The minimum Gasteiger partial charge on any atom is -0.303 e. The second kappa shape index (κ2) is 5.41. The Bertz CT molecular complexity index is 346. The summed E-state index contributed by atoms with van der Waals surface area (Å²) in [6, 6.07) is 9.44. The van der Waals surface area contributed by atoms with Gasteiger partial charge in [0, 0.05) is 12.0 Å². The molecule has 0 aliphatic rings. The van der Waals surface area contributed by atoms with Crippen LogP contribution in [0.3, 0.4) is 0 Å². The molecule has 17 heavy (non-hydrogen) atoms. The molecule has 0 saturated heterocycles. The molecule has 0 atom stereocenters. The van der Waals surface area contributed by atoms with Crippen molar-refractivity contribution in [3.63, 3.8) is 0 Å². The average Bonchev–Trinajstić information content (AvgIpc) is 2.25. The van der Waals surface area contributed by atoms with E-state index in [0.29, 0.717) is 6.00 Å². The quantitative estimate of drug-likeness (QED) is 0.631. The molecular formula is C15H24ClN. The van der Waals surface area contributed by atoms with E-state index in [4.69, 9.17) is 11.6 Å². The van der Waals surface area contributed by atoms with Gasteiger partial charge in [0.05, 0.1) is 6.00 Å². The van der Waals surface area contributed by atoms with E-state index in [1.165, 1.54) is 11.1 Å². The van der Waals surface area contributed by atoms with Gasteiger partial charge in [-0.1, -0.05) is 58.9 Å². The van der Waals surface area contributed by atoms with Crippen LogP contribution in [-0.4, -0.2) is 12.5 Å². The number of hydrogen-bond donors (Lipinski definition) is 1. The van der Waals surface area contributed by atoms with Gasteiger partial charge in [-0.3, -0.25) is 0 Å². The molecule has 96 valence electrons. The molecule has 1 nitrogen and oxygen atoms in total. The van der Waals surface area contributed by atoms with E-state index in [-0.39, 0.29) is 10.8 Å². The third-order valence-electron chi connectivity index (χ3n) is 3.19. The van der Waals surface area contributed by atoms with Gasteiger partial charge < -0.3 is 5.32 Å². The summed E-state index contributed by atoms with van der Waals surface area (Å²) in [5.41, 5.74) is 3.06. The summed E-state index contributed by atoms with van der Waals surface area (Å²) in [7, 11) is 0. The van der Waals surface area contributed by atoms with Crippen molar-refractivity contribution in [3.05, 3.63) is 35.4 Å². The van der Waals surface area contributed by atoms with Gasteiger partial charge in [-0.25, -0.2) is 0 Å². The van der Waals surface area contributed by atoms with Crippen LogP contribution in [0.25, 0.3) is 0 Å². The van der Waals surface area contributed by atoms with Gasteiger partial charge >= 0.3 is 0 Å². The number of nitrogens with one attached hydrogen (secondary N) is 1. The zero-order valence-electron chi connectivity index (χ0n) is 11.6. The molecule has 1 aromatic carbocycles.